The molecule has 0 saturated carbocycles. The molecule has 0 spiro atoms. The molecule has 0 fully saturated rings. The molecule has 31 heavy (non-hydrogen) atoms. The Morgan fingerprint density at radius 1 is 0.806 bits per heavy atom. The van der Waals surface area contributed by atoms with E-state index >= 15 is 0 Å². The first-order valence-corrected chi connectivity index (χ1v) is 8.77. The van der Waals surface area contributed by atoms with Crippen molar-refractivity contribution in [3.8, 4) is 11.5 Å². The Morgan fingerprint density at radius 2 is 1.39 bits per heavy atom. The van der Waals surface area contributed by atoms with Gasteiger partial charge in [0.05, 0.1) is 38.6 Å². The van der Waals surface area contributed by atoms with Gasteiger partial charge in [0.15, 0.2) is 0 Å². The number of aromatic hydroxyl groups is 2. The van der Waals surface area contributed by atoms with E-state index < -0.39 is 56.3 Å². The molecule has 0 atom stereocenters. The standard InChI is InChI=1S/C21H12N2O8/c24-13-7-5-11(22-10-4-2-1-3-9(10)21(28)29)15-17(13)20(27)16-12(23(30)31)6-8-14(25)18(16)19(15)26/h1-8,22,24-25H,(H,28,29). The Hall–Kier alpha value is -4.73. The predicted octanol–water partition coefficient (Wildman–Crippen LogP) is 3.22. The molecule has 4 rings (SSSR count). The smallest absolute Gasteiger partial charge is 0.337 e. The van der Waals surface area contributed by atoms with E-state index in [9.17, 15) is 39.8 Å². The van der Waals surface area contributed by atoms with E-state index in [4.69, 9.17) is 0 Å². The van der Waals surface area contributed by atoms with Gasteiger partial charge in [-0.25, -0.2) is 4.79 Å². The maximum atomic E-state index is 13.2. The molecule has 0 unspecified atom stereocenters. The number of carboxylic acid groups (broad SMARTS) is 1. The molecule has 0 aliphatic heterocycles. The number of phenolic OH excluding ortho intramolecular Hbond substituents is 2. The molecule has 0 bridgehead atoms. The van der Waals surface area contributed by atoms with Crippen LogP contribution in [0.3, 0.4) is 0 Å². The molecule has 4 N–H and O–H groups in total. The van der Waals surface area contributed by atoms with Crippen LogP contribution in [0.25, 0.3) is 0 Å². The largest absolute Gasteiger partial charge is 0.507 e. The molecule has 0 heterocycles. The number of nitro benzene ring substituents is 1. The number of nitrogens with one attached hydrogen (secondary N) is 1. The lowest BCUT2D eigenvalue weighted by Crippen LogP contribution is -2.24. The molecule has 0 amide bonds. The van der Waals surface area contributed by atoms with Crippen molar-refractivity contribution in [1.29, 1.82) is 0 Å². The summed E-state index contributed by atoms with van der Waals surface area (Å²) >= 11 is 0. The van der Waals surface area contributed by atoms with Crippen LogP contribution in [-0.2, 0) is 0 Å². The van der Waals surface area contributed by atoms with Crippen LogP contribution in [-0.4, -0.2) is 37.8 Å². The highest BCUT2D eigenvalue weighted by atomic mass is 16.6. The van der Waals surface area contributed by atoms with Gasteiger partial charge in [0, 0.05) is 6.07 Å². The van der Waals surface area contributed by atoms with Crippen LogP contribution < -0.4 is 5.32 Å². The third kappa shape index (κ3) is 2.94. The number of hydrogen-bond donors (Lipinski definition) is 4. The van der Waals surface area contributed by atoms with Gasteiger partial charge in [0.1, 0.15) is 17.1 Å². The number of rotatable bonds is 4. The average molecular weight is 420 g/mol. The highest BCUT2D eigenvalue weighted by Crippen LogP contribution is 2.43. The lowest BCUT2D eigenvalue weighted by atomic mass is 9.81. The minimum Gasteiger partial charge on any atom is -0.507 e. The topological polar surface area (TPSA) is 167 Å². The molecule has 0 radical (unpaired) electrons. The molecule has 1 aliphatic carbocycles. The number of phenols is 2. The molecule has 3 aromatic carbocycles. The SMILES string of the molecule is O=C(O)c1ccccc1Nc1ccc(O)c2c1C(=O)c1c(O)ccc([N+](=O)[O-])c1C2=O. The number of carbonyl (C=O) groups is 3. The average Bonchev–Trinajstić information content (AvgIpc) is 2.73. The summed E-state index contributed by atoms with van der Waals surface area (Å²) < 4.78 is 0. The van der Waals surface area contributed by atoms with Crippen molar-refractivity contribution in [1.82, 2.24) is 0 Å². The van der Waals surface area contributed by atoms with Gasteiger partial charge >= 0.3 is 5.97 Å². The molecular weight excluding hydrogens is 408 g/mol. The molecule has 10 nitrogen and oxygen atoms in total. The summed E-state index contributed by atoms with van der Waals surface area (Å²) in [6.45, 7) is 0. The fourth-order valence-corrected chi connectivity index (χ4v) is 3.53. The second-order valence-electron chi connectivity index (χ2n) is 6.63. The summed E-state index contributed by atoms with van der Waals surface area (Å²) in [5.74, 6) is -4.41. The number of nitrogens with zero attached hydrogens (tertiary/aromatic N) is 1. The maximum Gasteiger partial charge on any atom is 0.337 e. The Labute approximate surface area is 173 Å². The number of aromatic carboxylic acids is 1. The van der Waals surface area contributed by atoms with Crippen LogP contribution >= 0.6 is 0 Å². The number of nitro groups is 1. The van der Waals surface area contributed by atoms with Crippen LogP contribution in [0.2, 0.25) is 0 Å². The molecule has 0 aromatic heterocycles. The van der Waals surface area contributed by atoms with Crippen molar-refractivity contribution >= 4 is 34.6 Å². The molecule has 1 aliphatic rings. The lowest BCUT2D eigenvalue weighted by Gasteiger charge is -2.22. The highest BCUT2D eigenvalue weighted by Gasteiger charge is 2.40. The molecule has 0 saturated heterocycles. The van der Waals surface area contributed by atoms with Crippen molar-refractivity contribution in [2.24, 2.45) is 0 Å². The highest BCUT2D eigenvalue weighted by molar-refractivity contribution is 6.33. The van der Waals surface area contributed by atoms with Crippen molar-refractivity contribution < 1.29 is 34.6 Å². The van der Waals surface area contributed by atoms with Gasteiger partial charge in [-0.05, 0) is 30.3 Å². The van der Waals surface area contributed by atoms with Gasteiger partial charge in [0.2, 0.25) is 11.6 Å². The van der Waals surface area contributed by atoms with Gasteiger partial charge in [0.25, 0.3) is 5.69 Å². The number of carboxylic acids is 1. The zero-order valence-corrected chi connectivity index (χ0v) is 15.4. The third-order valence-corrected chi connectivity index (χ3v) is 4.88. The van der Waals surface area contributed by atoms with Crippen molar-refractivity contribution in [3.63, 3.8) is 0 Å². The second kappa shape index (κ2) is 6.95. The summed E-state index contributed by atoms with van der Waals surface area (Å²) in [5, 5.41) is 44.0. The zero-order chi connectivity index (χ0) is 22.4. The van der Waals surface area contributed by atoms with Gasteiger partial charge in [-0.15, -0.1) is 0 Å². The Bertz CT molecular complexity index is 1330. The van der Waals surface area contributed by atoms with E-state index in [1.165, 1.54) is 24.3 Å². The van der Waals surface area contributed by atoms with Crippen LogP contribution in [0.1, 0.15) is 42.2 Å². The van der Waals surface area contributed by atoms with Crippen LogP contribution in [0, 0.1) is 10.1 Å². The molecule has 3 aromatic rings. The third-order valence-electron chi connectivity index (χ3n) is 4.88. The minimum atomic E-state index is -1.24. The first kappa shape index (κ1) is 19.6. The normalized spacial score (nSPS) is 12.1. The zero-order valence-electron chi connectivity index (χ0n) is 15.4. The van der Waals surface area contributed by atoms with Crippen LogP contribution in [0.15, 0.2) is 48.5 Å². The molecular formula is C21H12N2O8. The summed E-state index contributed by atoms with van der Waals surface area (Å²) in [7, 11) is 0. The summed E-state index contributed by atoms with van der Waals surface area (Å²) in [6.07, 6.45) is 0. The maximum absolute atomic E-state index is 13.2. The van der Waals surface area contributed by atoms with E-state index in [0.717, 1.165) is 18.2 Å². The number of carbonyl (C=O) groups excluding carboxylic acids is 2. The van der Waals surface area contributed by atoms with E-state index in [2.05, 4.69) is 5.32 Å². The van der Waals surface area contributed by atoms with Gasteiger partial charge in [-0.1, -0.05) is 12.1 Å². The van der Waals surface area contributed by atoms with Crippen LogP contribution in [0.4, 0.5) is 17.1 Å². The number of ketones is 2. The summed E-state index contributed by atoms with van der Waals surface area (Å²) in [5.41, 5.74) is -2.72. The fraction of sp³-hybridized carbons (Fsp3) is 0. The van der Waals surface area contributed by atoms with Gasteiger partial charge < -0.3 is 20.6 Å². The summed E-state index contributed by atoms with van der Waals surface area (Å²) in [4.78, 5) is 48.3. The van der Waals surface area contributed by atoms with Gasteiger partial charge in [-0.2, -0.15) is 0 Å². The number of fused-ring (bicyclic) bond motifs is 2. The lowest BCUT2D eigenvalue weighted by molar-refractivity contribution is -0.385. The van der Waals surface area contributed by atoms with Crippen molar-refractivity contribution in [2.45, 2.75) is 0 Å². The fourth-order valence-electron chi connectivity index (χ4n) is 3.53. The Kier molecular flexibility index (Phi) is 4.39. The van der Waals surface area contributed by atoms with E-state index in [1.54, 1.807) is 6.07 Å². The number of benzene rings is 3. The van der Waals surface area contributed by atoms with Crippen molar-refractivity contribution in [2.75, 3.05) is 5.32 Å². The van der Waals surface area contributed by atoms with Gasteiger partial charge in [-0.3, -0.25) is 19.7 Å². The number of anilines is 2. The summed E-state index contributed by atoms with van der Waals surface area (Å²) in [6, 6.07) is 10.0. The Morgan fingerprint density at radius 3 is 2.03 bits per heavy atom. The Balaban J connectivity index is 1.96. The van der Waals surface area contributed by atoms with E-state index in [1.807, 2.05) is 0 Å². The second-order valence-corrected chi connectivity index (χ2v) is 6.63. The van der Waals surface area contributed by atoms with E-state index in [-0.39, 0.29) is 22.5 Å². The quantitative estimate of drug-likeness (QED) is 0.220. The first-order chi connectivity index (χ1) is 14.7. The molecule has 10 heteroatoms. The monoisotopic (exact) mass is 420 g/mol. The predicted molar refractivity (Wildman–Crippen MR) is 106 cm³/mol. The first-order valence-electron chi connectivity index (χ1n) is 8.77. The number of para-hydroxylation sites is 1. The number of hydrogen-bond acceptors (Lipinski definition) is 8. The molecule has 154 valence electrons. The van der Waals surface area contributed by atoms with Crippen molar-refractivity contribution in [3.05, 3.63) is 86.5 Å². The van der Waals surface area contributed by atoms with E-state index in [0.29, 0.717) is 0 Å². The minimum absolute atomic E-state index is 0.0172. The van der Waals surface area contributed by atoms with Crippen LogP contribution in [0.5, 0.6) is 11.5 Å².